The third kappa shape index (κ3) is 2.89. The van der Waals surface area contributed by atoms with Crippen molar-refractivity contribution in [2.75, 3.05) is 31.1 Å². The van der Waals surface area contributed by atoms with Crippen LogP contribution in [0.3, 0.4) is 0 Å². The van der Waals surface area contributed by atoms with E-state index in [4.69, 9.17) is 4.42 Å². The van der Waals surface area contributed by atoms with Gasteiger partial charge in [-0.3, -0.25) is 4.79 Å². The van der Waals surface area contributed by atoms with Crippen molar-refractivity contribution >= 4 is 22.6 Å². The predicted molar refractivity (Wildman–Crippen MR) is 91.7 cm³/mol. The van der Waals surface area contributed by atoms with Crippen LogP contribution in [0.1, 0.15) is 25.8 Å². The van der Waals surface area contributed by atoms with Gasteiger partial charge in [0.1, 0.15) is 17.0 Å². The predicted octanol–water partition coefficient (Wildman–Crippen LogP) is 0.703. The van der Waals surface area contributed by atoms with Gasteiger partial charge >= 0.3 is 5.63 Å². The Kier molecular flexibility index (Phi) is 4.57. The Morgan fingerprint density at radius 2 is 2.08 bits per heavy atom. The molecule has 24 heavy (non-hydrogen) atoms. The highest BCUT2D eigenvalue weighted by atomic mass is 16.4. The van der Waals surface area contributed by atoms with Crippen LogP contribution in [0.4, 0.5) is 5.69 Å². The van der Waals surface area contributed by atoms with Gasteiger partial charge in [0.25, 0.3) is 5.91 Å². The molecule has 1 aromatic heterocycles. The van der Waals surface area contributed by atoms with Gasteiger partial charge in [-0.05, 0) is 50.5 Å². The van der Waals surface area contributed by atoms with Gasteiger partial charge in [0, 0.05) is 11.9 Å². The van der Waals surface area contributed by atoms with E-state index in [1.807, 2.05) is 13.8 Å². The van der Waals surface area contributed by atoms with E-state index in [-0.39, 0.29) is 11.7 Å². The Balaban J connectivity index is 2.07. The molecular weight excluding hydrogens is 308 g/mol. The van der Waals surface area contributed by atoms with Crippen LogP contribution in [0.15, 0.2) is 27.4 Å². The van der Waals surface area contributed by atoms with Crippen molar-refractivity contribution in [3.05, 3.63) is 34.2 Å². The second-order valence-electron chi connectivity index (χ2n) is 6.18. The van der Waals surface area contributed by atoms with Gasteiger partial charge in [-0.25, -0.2) is 4.79 Å². The number of carbonyl (C=O) groups excluding carboxylic acids is 1. The first-order valence-electron chi connectivity index (χ1n) is 8.47. The van der Waals surface area contributed by atoms with E-state index in [0.717, 1.165) is 25.1 Å². The van der Waals surface area contributed by atoms with E-state index < -0.39 is 5.63 Å². The molecule has 0 spiro atoms. The maximum Gasteiger partial charge on any atom is 0.360 e. The molecule has 128 valence electrons. The second-order valence-corrected chi connectivity index (χ2v) is 6.18. The topological polar surface area (TPSA) is 75.2 Å². The molecule has 0 fully saturated rings. The summed E-state index contributed by atoms with van der Waals surface area (Å²) < 4.78 is 5.39. The van der Waals surface area contributed by atoms with Crippen molar-refractivity contribution in [1.29, 1.82) is 0 Å². The summed E-state index contributed by atoms with van der Waals surface area (Å²) in [4.78, 5) is 27.9. The number of amides is 1. The average Bonchev–Trinajstić information content (AvgIpc) is 2.59. The fourth-order valence-electron chi connectivity index (χ4n) is 3.35. The Bertz CT molecular complexity index is 824. The number of aromatic hydroxyl groups is 1. The summed E-state index contributed by atoms with van der Waals surface area (Å²) in [7, 11) is 0. The lowest BCUT2D eigenvalue weighted by Crippen LogP contribution is -3.12. The Labute approximate surface area is 140 Å². The van der Waals surface area contributed by atoms with Crippen LogP contribution >= 0.6 is 0 Å². The smallest absolute Gasteiger partial charge is 0.360 e. The molecule has 1 aliphatic heterocycles. The van der Waals surface area contributed by atoms with Gasteiger partial charge in [-0.1, -0.05) is 0 Å². The number of phenolic OH excluding ortho intramolecular Hbond substituents is 1. The third-order valence-electron chi connectivity index (χ3n) is 4.75. The highest BCUT2D eigenvalue weighted by Gasteiger charge is 2.30. The molecule has 0 bridgehead atoms. The molecule has 0 saturated heterocycles. The Morgan fingerprint density at radius 3 is 2.79 bits per heavy atom. The summed E-state index contributed by atoms with van der Waals surface area (Å²) in [6.45, 7) is 6.71. The number of benzene rings is 1. The lowest BCUT2D eigenvalue weighted by Gasteiger charge is -2.29. The van der Waals surface area contributed by atoms with Crippen molar-refractivity contribution in [3.63, 3.8) is 0 Å². The molecule has 0 unspecified atom stereocenters. The quantitative estimate of drug-likeness (QED) is 0.809. The number of rotatable bonds is 4. The number of aryl methyl sites for hydroxylation is 1. The summed E-state index contributed by atoms with van der Waals surface area (Å²) in [5.41, 5.74) is 1.10. The molecule has 2 N–H and O–H groups in total. The maximum absolute atomic E-state index is 12.7. The molecule has 0 atom stereocenters. The molecule has 2 aromatic rings. The maximum atomic E-state index is 12.7. The fraction of sp³-hybridized carbons (Fsp3) is 0.444. The van der Waals surface area contributed by atoms with Crippen LogP contribution < -0.4 is 15.4 Å². The van der Waals surface area contributed by atoms with E-state index in [0.29, 0.717) is 36.2 Å². The zero-order valence-corrected chi connectivity index (χ0v) is 14.1. The van der Waals surface area contributed by atoms with E-state index in [1.165, 1.54) is 11.0 Å². The lowest BCUT2D eigenvalue weighted by atomic mass is 9.98. The summed E-state index contributed by atoms with van der Waals surface area (Å²) in [5, 5.41) is 10.5. The van der Waals surface area contributed by atoms with Gasteiger partial charge in [0.05, 0.1) is 13.1 Å². The van der Waals surface area contributed by atoms with Gasteiger partial charge in [0.15, 0.2) is 6.54 Å². The van der Waals surface area contributed by atoms with Gasteiger partial charge in [-0.15, -0.1) is 0 Å². The van der Waals surface area contributed by atoms with E-state index >= 15 is 0 Å². The summed E-state index contributed by atoms with van der Waals surface area (Å²) >= 11 is 0. The molecule has 1 aromatic carbocycles. The highest BCUT2D eigenvalue weighted by Crippen LogP contribution is 2.32. The van der Waals surface area contributed by atoms with E-state index in [1.54, 1.807) is 17.0 Å². The number of nitrogens with one attached hydrogen (secondary N) is 1. The van der Waals surface area contributed by atoms with Gasteiger partial charge < -0.3 is 19.3 Å². The SMILES string of the molecule is CC[NH+](CC)CC(=O)N1CCCc2c1c(=O)oc1ccc(O)cc21. The van der Waals surface area contributed by atoms with Gasteiger partial charge in [-0.2, -0.15) is 0 Å². The highest BCUT2D eigenvalue weighted by molar-refractivity contribution is 5.98. The number of hydrogen-bond acceptors (Lipinski definition) is 4. The van der Waals surface area contributed by atoms with Crippen LogP contribution in [-0.2, 0) is 11.2 Å². The minimum absolute atomic E-state index is 0.0542. The van der Waals surface area contributed by atoms with E-state index in [9.17, 15) is 14.7 Å². The molecule has 3 rings (SSSR count). The number of likely N-dealkylation sites (N-methyl/N-ethyl adjacent to an activating group) is 1. The number of hydrogen-bond donors (Lipinski definition) is 2. The summed E-state index contributed by atoms with van der Waals surface area (Å²) in [6.07, 6.45) is 1.49. The molecule has 0 saturated carbocycles. The Morgan fingerprint density at radius 1 is 1.33 bits per heavy atom. The number of nitrogens with zero attached hydrogens (tertiary/aromatic N) is 1. The van der Waals surface area contributed by atoms with Crippen LogP contribution in [0, 0.1) is 0 Å². The van der Waals surface area contributed by atoms with Crippen molar-refractivity contribution < 1.29 is 19.2 Å². The minimum atomic E-state index is -0.481. The molecule has 0 aliphatic carbocycles. The number of carbonyl (C=O) groups is 1. The lowest BCUT2D eigenvalue weighted by molar-refractivity contribution is -0.888. The van der Waals surface area contributed by atoms with Crippen molar-refractivity contribution in [3.8, 4) is 5.75 Å². The summed E-state index contributed by atoms with van der Waals surface area (Å²) in [6, 6.07) is 4.68. The summed E-state index contributed by atoms with van der Waals surface area (Å²) in [5.74, 6) is 0.0658. The first kappa shape index (κ1) is 16.5. The molecule has 1 amide bonds. The van der Waals surface area contributed by atoms with Crippen LogP contribution in [0.2, 0.25) is 0 Å². The van der Waals surface area contributed by atoms with Crippen LogP contribution in [0.25, 0.3) is 11.0 Å². The standard InChI is InChI=1S/C18H22N2O4/c1-3-19(4-2)11-16(22)20-9-5-6-13-14-10-12(21)7-8-15(14)24-18(23)17(13)20/h7-8,10,21H,3-6,9,11H2,1-2H3/p+1. The zero-order valence-electron chi connectivity index (χ0n) is 14.1. The molecule has 6 nitrogen and oxygen atoms in total. The first-order chi connectivity index (χ1) is 11.5. The van der Waals surface area contributed by atoms with Crippen LogP contribution in [0.5, 0.6) is 5.75 Å². The molecule has 0 radical (unpaired) electrons. The van der Waals surface area contributed by atoms with Crippen molar-refractivity contribution in [2.45, 2.75) is 26.7 Å². The largest absolute Gasteiger partial charge is 0.508 e. The van der Waals surface area contributed by atoms with Crippen molar-refractivity contribution in [1.82, 2.24) is 0 Å². The molecule has 2 heterocycles. The second kappa shape index (κ2) is 6.65. The van der Waals surface area contributed by atoms with E-state index in [2.05, 4.69) is 0 Å². The minimum Gasteiger partial charge on any atom is -0.508 e. The molecule has 1 aliphatic rings. The monoisotopic (exact) mass is 331 g/mol. The number of anilines is 1. The third-order valence-corrected chi connectivity index (χ3v) is 4.75. The number of fused-ring (bicyclic) bond motifs is 3. The number of phenols is 1. The fourth-order valence-corrected chi connectivity index (χ4v) is 3.35. The van der Waals surface area contributed by atoms with Gasteiger partial charge in [0.2, 0.25) is 0 Å². The van der Waals surface area contributed by atoms with Crippen molar-refractivity contribution in [2.24, 2.45) is 0 Å². The number of quaternary nitrogens is 1. The first-order valence-corrected chi connectivity index (χ1v) is 8.47. The molecule has 6 heteroatoms. The average molecular weight is 331 g/mol. The normalized spacial score (nSPS) is 14.2. The van der Waals surface area contributed by atoms with Crippen LogP contribution in [-0.4, -0.2) is 37.2 Å². The molecular formula is C18H23N2O4+. The zero-order chi connectivity index (χ0) is 17.3. The Hall–Kier alpha value is -2.34.